The Morgan fingerprint density at radius 1 is 1.44 bits per heavy atom. The van der Waals surface area contributed by atoms with Crippen LogP contribution in [-0.4, -0.2) is 31.8 Å². The van der Waals surface area contributed by atoms with Crippen LogP contribution in [0.3, 0.4) is 0 Å². The molecule has 1 aromatic rings. The van der Waals surface area contributed by atoms with Crippen LogP contribution in [-0.2, 0) is 6.42 Å². The minimum absolute atomic E-state index is 0.844. The molecule has 0 unspecified atom stereocenters. The summed E-state index contributed by atoms with van der Waals surface area (Å²) in [6.07, 6.45) is 1.03. The topological polar surface area (TPSA) is 27.3 Å². The Hall–Kier alpha value is -1.13. The van der Waals surface area contributed by atoms with Crippen LogP contribution in [0.25, 0.3) is 0 Å². The smallest absolute Gasteiger partial charge is 0.173 e. The molecule has 1 heterocycles. The summed E-state index contributed by atoms with van der Waals surface area (Å²) in [5, 5.41) is 7.22. The number of thiocarbonyl (C=S) groups is 1. The van der Waals surface area contributed by atoms with Gasteiger partial charge in [-0.3, -0.25) is 0 Å². The summed E-state index contributed by atoms with van der Waals surface area (Å²) in [5.41, 5.74) is 2.59. The van der Waals surface area contributed by atoms with Crippen molar-refractivity contribution in [1.29, 1.82) is 0 Å². The summed E-state index contributed by atoms with van der Waals surface area (Å²) in [6.45, 7) is 2.90. The standard InChI is InChI=1S/C12H17N3S/c1-13-7-6-10-4-2-3-5-11(10)15-9-8-14-12(15)16/h2-5,13H,6-9H2,1H3,(H,14,16). The van der Waals surface area contributed by atoms with Crippen LogP contribution in [0.15, 0.2) is 24.3 Å². The fraction of sp³-hybridized carbons (Fsp3) is 0.417. The van der Waals surface area contributed by atoms with E-state index in [1.165, 1.54) is 11.3 Å². The Morgan fingerprint density at radius 2 is 2.25 bits per heavy atom. The third kappa shape index (κ3) is 2.33. The molecule has 0 spiro atoms. The summed E-state index contributed by atoms with van der Waals surface area (Å²) >= 11 is 5.29. The van der Waals surface area contributed by atoms with Crippen LogP contribution in [0.4, 0.5) is 5.69 Å². The molecule has 86 valence electrons. The molecule has 2 rings (SSSR count). The predicted molar refractivity (Wildman–Crippen MR) is 72.0 cm³/mol. The SMILES string of the molecule is CNCCc1ccccc1N1CCNC1=S. The number of nitrogens with zero attached hydrogens (tertiary/aromatic N) is 1. The van der Waals surface area contributed by atoms with Crippen LogP contribution in [0.1, 0.15) is 5.56 Å². The van der Waals surface area contributed by atoms with E-state index in [1.807, 2.05) is 7.05 Å². The lowest BCUT2D eigenvalue weighted by atomic mass is 10.1. The van der Waals surface area contributed by atoms with Gasteiger partial charge in [-0.25, -0.2) is 0 Å². The van der Waals surface area contributed by atoms with Crippen LogP contribution in [0.2, 0.25) is 0 Å². The minimum atomic E-state index is 0.844. The molecule has 1 fully saturated rings. The summed E-state index contributed by atoms with van der Waals surface area (Å²) in [6, 6.07) is 8.47. The van der Waals surface area contributed by atoms with E-state index in [4.69, 9.17) is 12.2 Å². The minimum Gasteiger partial charge on any atom is -0.360 e. The van der Waals surface area contributed by atoms with Crippen molar-refractivity contribution in [3.05, 3.63) is 29.8 Å². The fourth-order valence-electron chi connectivity index (χ4n) is 1.95. The molecule has 1 aromatic carbocycles. The third-order valence-corrected chi connectivity index (χ3v) is 3.15. The lowest BCUT2D eigenvalue weighted by Crippen LogP contribution is -2.28. The van der Waals surface area contributed by atoms with Gasteiger partial charge in [0.2, 0.25) is 0 Å². The number of hydrogen-bond acceptors (Lipinski definition) is 2. The quantitative estimate of drug-likeness (QED) is 0.766. The lowest BCUT2D eigenvalue weighted by Gasteiger charge is -2.20. The first-order chi connectivity index (χ1) is 7.83. The van der Waals surface area contributed by atoms with E-state index in [1.54, 1.807) is 0 Å². The van der Waals surface area contributed by atoms with Crippen molar-refractivity contribution < 1.29 is 0 Å². The molecule has 0 aliphatic carbocycles. The van der Waals surface area contributed by atoms with E-state index in [-0.39, 0.29) is 0 Å². The highest BCUT2D eigenvalue weighted by Crippen LogP contribution is 2.22. The summed E-state index contributed by atoms with van der Waals surface area (Å²) in [7, 11) is 1.98. The van der Waals surface area contributed by atoms with Gasteiger partial charge in [-0.2, -0.15) is 0 Å². The van der Waals surface area contributed by atoms with Gasteiger partial charge < -0.3 is 15.5 Å². The molecule has 0 radical (unpaired) electrons. The van der Waals surface area contributed by atoms with Crippen LogP contribution in [0.5, 0.6) is 0 Å². The molecule has 2 N–H and O–H groups in total. The van der Waals surface area contributed by atoms with E-state index in [0.717, 1.165) is 31.2 Å². The molecule has 0 bridgehead atoms. The second-order valence-corrected chi connectivity index (χ2v) is 4.25. The predicted octanol–water partition coefficient (Wildman–Crippen LogP) is 1.14. The van der Waals surface area contributed by atoms with Crippen LogP contribution in [0, 0.1) is 0 Å². The molecule has 1 aliphatic heterocycles. The maximum absolute atomic E-state index is 5.29. The molecule has 1 saturated heterocycles. The summed E-state index contributed by atoms with van der Waals surface area (Å²) in [4.78, 5) is 2.18. The molecular formula is C12H17N3S. The van der Waals surface area contributed by atoms with Crippen molar-refractivity contribution in [3.63, 3.8) is 0 Å². The molecule has 3 nitrogen and oxygen atoms in total. The Morgan fingerprint density at radius 3 is 2.94 bits per heavy atom. The second kappa shape index (κ2) is 5.27. The zero-order chi connectivity index (χ0) is 11.4. The zero-order valence-electron chi connectivity index (χ0n) is 9.49. The first kappa shape index (κ1) is 11.4. The molecule has 4 heteroatoms. The van der Waals surface area contributed by atoms with Crippen molar-refractivity contribution in [1.82, 2.24) is 10.6 Å². The average Bonchev–Trinajstić information content (AvgIpc) is 2.73. The number of nitrogens with one attached hydrogen (secondary N) is 2. The molecule has 1 aliphatic rings. The van der Waals surface area contributed by atoms with E-state index < -0.39 is 0 Å². The zero-order valence-corrected chi connectivity index (χ0v) is 10.3. The van der Waals surface area contributed by atoms with Crippen molar-refractivity contribution in [2.24, 2.45) is 0 Å². The third-order valence-electron chi connectivity index (χ3n) is 2.78. The first-order valence-corrected chi connectivity index (χ1v) is 6.01. The molecule has 0 aromatic heterocycles. The Bertz CT molecular complexity index is 378. The number of likely N-dealkylation sites (N-methyl/N-ethyl adjacent to an activating group) is 1. The highest BCUT2D eigenvalue weighted by molar-refractivity contribution is 7.80. The Kier molecular flexibility index (Phi) is 3.74. The van der Waals surface area contributed by atoms with E-state index >= 15 is 0 Å². The number of rotatable bonds is 4. The van der Waals surface area contributed by atoms with Crippen molar-refractivity contribution in [3.8, 4) is 0 Å². The van der Waals surface area contributed by atoms with Gasteiger partial charge in [-0.1, -0.05) is 18.2 Å². The largest absolute Gasteiger partial charge is 0.360 e. The molecule has 0 amide bonds. The number of benzene rings is 1. The van der Waals surface area contributed by atoms with Gasteiger partial charge in [-0.15, -0.1) is 0 Å². The molecule has 0 saturated carbocycles. The van der Waals surface area contributed by atoms with Crippen LogP contribution < -0.4 is 15.5 Å². The average molecular weight is 235 g/mol. The van der Waals surface area contributed by atoms with E-state index in [9.17, 15) is 0 Å². The highest BCUT2D eigenvalue weighted by Gasteiger charge is 2.19. The fourth-order valence-corrected chi connectivity index (χ4v) is 2.24. The van der Waals surface area contributed by atoms with E-state index in [0.29, 0.717) is 0 Å². The molecule has 0 atom stereocenters. The van der Waals surface area contributed by atoms with Crippen molar-refractivity contribution >= 4 is 23.0 Å². The van der Waals surface area contributed by atoms with Crippen LogP contribution >= 0.6 is 12.2 Å². The van der Waals surface area contributed by atoms with Gasteiger partial charge in [0.1, 0.15) is 0 Å². The number of hydrogen-bond donors (Lipinski definition) is 2. The van der Waals surface area contributed by atoms with Gasteiger partial charge in [0, 0.05) is 18.8 Å². The second-order valence-electron chi connectivity index (χ2n) is 3.87. The normalized spacial score (nSPS) is 15.3. The molecule has 16 heavy (non-hydrogen) atoms. The Balaban J connectivity index is 2.21. The number of para-hydroxylation sites is 1. The van der Waals surface area contributed by atoms with Crippen molar-refractivity contribution in [2.75, 3.05) is 31.6 Å². The van der Waals surface area contributed by atoms with Gasteiger partial charge in [0.05, 0.1) is 0 Å². The Labute approximate surface area is 102 Å². The van der Waals surface area contributed by atoms with E-state index in [2.05, 4.69) is 39.8 Å². The van der Waals surface area contributed by atoms with Gasteiger partial charge in [0.25, 0.3) is 0 Å². The number of anilines is 1. The maximum Gasteiger partial charge on any atom is 0.173 e. The monoisotopic (exact) mass is 235 g/mol. The van der Waals surface area contributed by atoms with Gasteiger partial charge in [0.15, 0.2) is 5.11 Å². The van der Waals surface area contributed by atoms with Crippen molar-refractivity contribution in [2.45, 2.75) is 6.42 Å². The molecular weight excluding hydrogens is 218 g/mol. The van der Waals surface area contributed by atoms with Gasteiger partial charge in [-0.05, 0) is 43.9 Å². The summed E-state index contributed by atoms with van der Waals surface area (Å²) < 4.78 is 0. The maximum atomic E-state index is 5.29. The highest BCUT2D eigenvalue weighted by atomic mass is 32.1. The summed E-state index contributed by atoms with van der Waals surface area (Å²) in [5.74, 6) is 0. The van der Waals surface area contributed by atoms with Gasteiger partial charge >= 0.3 is 0 Å². The lowest BCUT2D eigenvalue weighted by molar-refractivity contribution is 0.790. The first-order valence-electron chi connectivity index (χ1n) is 5.61.